The summed E-state index contributed by atoms with van der Waals surface area (Å²) in [5.41, 5.74) is 0.748. The summed E-state index contributed by atoms with van der Waals surface area (Å²) in [7, 11) is 1.15. The van der Waals surface area contributed by atoms with Crippen LogP contribution in [0, 0.1) is 0 Å². The van der Waals surface area contributed by atoms with E-state index in [1.807, 2.05) is 36.4 Å². The molecule has 3 aromatic carbocycles. The molecule has 0 saturated heterocycles. The number of esters is 1. The van der Waals surface area contributed by atoms with Gasteiger partial charge in [-0.2, -0.15) is 0 Å². The molecule has 3 rings (SSSR count). The van der Waals surface area contributed by atoms with Gasteiger partial charge in [-0.25, -0.2) is 4.79 Å². The number of rotatable bonds is 8. The second kappa shape index (κ2) is 9.50. The molecule has 1 N–H and O–H groups in total. The SMILES string of the molecule is COC(=O)C(=O)c1ccccc1OCCCNC(=O)c1ccc2ccccc2c1. The van der Waals surface area contributed by atoms with E-state index in [1.54, 1.807) is 24.3 Å². The Labute approximate surface area is 168 Å². The molecule has 0 saturated carbocycles. The lowest BCUT2D eigenvalue weighted by Crippen LogP contribution is -2.25. The molecule has 3 aromatic rings. The van der Waals surface area contributed by atoms with Gasteiger partial charge in [-0.3, -0.25) is 9.59 Å². The van der Waals surface area contributed by atoms with Crippen LogP contribution in [-0.4, -0.2) is 37.9 Å². The zero-order valence-electron chi connectivity index (χ0n) is 16.0. The van der Waals surface area contributed by atoms with Crippen LogP contribution in [-0.2, 0) is 9.53 Å². The zero-order valence-corrected chi connectivity index (χ0v) is 16.0. The number of Topliss-reactive ketones (excluding diaryl/α,β-unsaturated/α-hetero) is 1. The lowest BCUT2D eigenvalue weighted by molar-refractivity contribution is -0.135. The van der Waals surface area contributed by atoms with Gasteiger partial charge in [0.1, 0.15) is 5.75 Å². The second-order valence-electron chi connectivity index (χ2n) is 6.34. The first kappa shape index (κ1) is 20.1. The van der Waals surface area contributed by atoms with Crippen molar-refractivity contribution in [2.45, 2.75) is 6.42 Å². The molecule has 0 atom stereocenters. The maximum atomic E-state index is 12.3. The Morgan fingerprint density at radius 3 is 2.41 bits per heavy atom. The van der Waals surface area contributed by atoms with Crippen LogP contribution in [0.5, 0.6) is 5.75 Å². The number of methoxy groups -OCH3 is 1. The number of carbonyl (C=O) groups excluding carboxylic acids is 3. The fourth-order valence-corrected chi connectivity index (χ4v) is 2.87. The van der Waals surface area contributed by atoms with Gasteiger partial charge in [0, 0.05) is 12.1 Å². The first-order valence-electron chi connectivity index (χ1n) is 9.21. The third kappa shape index (κ3) is 4.99. The summed E-state index contributed by atoms with van der Waals surface area (Å²) >= 11 is 0. The normalized spacial score (nSPS) is 10.4. The molecule has 0 fully saturated rings. The van der Waals surface area contributed by atoms with E-state index < -0.39 is 11.8 Å². The van der Waals surface area contributed by atoms with Crippen LogP contribution in [0.25, 0.3) is 10.8 Å². The Balaban J connectivity index is 1.50. The molecule has 1 amide bonds. The average molecular weight is 391 g/mol. The fourth-order valence-electron chi connectivity index (χ4n) is 2.87. The van der Waals surface area contributed by atoms with Crippen LogP contribution in [0.3, 0.4) is 0 Å². The fraction of sp³-hybridized carbons (Fsp3) is 0.174. The minimum atomic E-state index is -0.941. The first-order valence-corrected chi connectivity index (χ1v) is 9.21. The number of ether oxygens (including phenoxy) is 2. The van der Waals surface area contributed by atoms with Gasteiger partial charge >= 0.3 is 5.97 Å². The largest absolute Gasteiger partial charge is 0.493 e. The molecule has 148 valence electrons. The quantitative estimate of drug-likeness (QED) is 0.275. The number of benzene rings is 3. The van der Waals surface area contributed by atoms with Gasteiger partial charge in [0.15, 0.2) is 0 Å². The molecule has 0 aliphatic rings. The number of para-hydroxylation sites is 1. The monoisotopic (exact) mass is 391 g/mol. The van der Waals surface area contributed by atoms with E-state index in [0.717, 1.165) is 17.9 Å². The summed E-state index contributed by atoms with van der Waals surface area (Å²) in [6, 6.07) is 19.9. The molecule has 0 radical (unpaired) electrons. The standard InChI is InChI=1S/C23H21NO5/c1-28-23(27)21(25)19-9-4-5-10-20(19)29-14-6-13-24-22(26)18-12-11-16-7-2-3-8-17(16)15-18/h2-5,7-12,15H,6,13-14H2,1H3,(H,24,26). The molecule has 0 aliphatic heterocycles. The van der Waals surface area contributed by atoms with Crippen molar-refractivity contribution in [2.75, 3.05) is 20.3 Å². The van der Waals surface area contributed by atoms with Crippen LogP contribution >= 0.6 is 0 Å². The molecule has 0 bridgehead atoms. The minimum Gasteiger partial charge on any atom is -0.493 e. The van der Waals surface area contributed by atoms with Crippen LogP contribution < -0.4 is 10.1 Å². The van der Waals surface area contributed by atoms with Crippen molar-refractivity contribution in [2.24, 2.45) is 0 Å². The van der Waals surface area contributed by atoms with Gasteiger partial charge in [0.05, 0.1) is 19.3 Å². The van der Waals surface area contributed by atoms with Crippen LogP contribution in [0.2, 0.25) is 0 Å². The van der Waals surface area contributed by atoms with Gasteiger partial charge in [0.25, 0.3) is 11.7 Å². The molecule has 6 heteroatoms. The van der Waals surface area contributed by atoms with E-state index in [0.29, 0.717) is 24.3 Å². The van der Waals surface area contributed by atoms with Gasteiger partial charge in [-0.05, 0) is 41.5 Å². The second-order valence-corrected chi connectivity index (χ2v) is 6.34. The van der Waals surface area contributed by atoms with Crippen molar-refractivity contribution in [1.82, 2.24) is 5.32 Å². The highest BCUT2D eigenvalue weighted by molar-refractivity contribution is 6.41. The highest BCUT2D eigenvalue weighted by Crippen LogP contribution is 2.19. The van der Waals surface area contributed by atoms with Crippen LogP contribution in [0.4, 0.5) is 0 Å². The van der Waals surface area contributed by atoms with Crippen molar-refractivity contribution in [3.8, 4) is 5.75 Å². The Kier molecular flexibility index (Phi) is 6.58. The smallest absolute Gasteiger partial charge is 0.379 e. The van der Waals surface area contributed by atoms with E-state index in [4.69, 9.17) is 4.74 Å². The maximum Gasteiger partial charge on any atom is 0.379 e. The lowest BCUT2D eigenvalue weighted by Gasteiger charge is -2.11. The minimum absolute atomic E-state index is 0.152. The van der Waals surface area contributed by atoms with Crippen LogP contribution in [0.1, 0.15) is 27.1 Å². The number of ketones is 1. The summed E-state index contributed by atoms with van der Waals surface area (Å²) in [4.78, 5) is 35.8. The molecule has 0 unspecified atom stereocenters. The average Bonchev–Trinajstić information content (AvgIpc) is 2.77. The molecule has 0 heterocycles. The van der Waals surface area contributed by atoms with E-state index >= 15 is 0 Å². The zero-order chi connectivity index (χ0) is 20.6. The van der Waals surface area contributed by atoms with Crippen molar-refractivity contribution in [3.05, 3.63) is 77.9 Å². The summed E-state index contributed by atoms with van der Waals surface area (Å²) in [5.74, 6) is -1.54. The Morgan fingerprint density at radius 2 is 1.62 bits per heavy atom. The Morgan fingerprint density at radius 1 is 0.897 bits per heavy atom. The van der Waals surface area contributed by atoms with E-state index in [1.165, 1.54) is 6.07 Å². The Hall–Kier alpha value is -3.67. The third-order valence-corrected chi connectivity index (χ3v) is 4.38. The van der Waals surface area contributed by atoms with E-state index in [-0.39, 0.29) is 18.1 Å². The summed E-state index contributed by atoms with van der Waals surface area (Å²) in [6.07, 6.45) is 0.542. The summed E-state index contributed by atoms with van der Waals surface area (Å²) in [5, 5.41) is 4.95. The summed E-state index contributed by atoms with van der Waals surface area (Å²) < 4.78 is 10.1. The number of nitrogens with one attached hydrogen (secondary N) is 1. The van der Waals surface area contributed by atoms with Crippen molar-refractivity contribution in [1.29, 1.82) is 0 Å². The highest BCUT2D eigenvalue weighted by Gasteiger charge is 2.20. The van der Waals surface area contributed by atoms with Gasteiger partial charge in [-0.1, -0.05) is 42.5 Å². The predicted molar refractivity (Wildman–Crippen MR) is 109 cm³/mol. The third-order valence-electron chi connectivity index (χ3n) is 4.38. The number of hydrogen-bond acceptors (Lipinski definition) is 5. The molecular formula is C23H21NO5. The molecule has 0 aliphatic carbocycles. The number of carbonyl (C=O) groups is 3. The van der Waals surface area contributed by atoms with Crippen molar-refractivity contribution >= 4 is 28.4 Å². The molecule has 0 spiro atoms. The number of amides is 1. The van der Waals surface area contributed by atoms with Crippen molar-refractivity contribution < 1.29 is 23.9 Å². The topological polar surface area (TPSA) is 81.7 Å². The van der Waals surface area contributed by atoms with Crippen molar-refractivity contribution in [3.63, 3.8) is 0 Å². The first-order chi connectivity index (χ1) is 14.1. The van der Waals surface area contributed by atoms with Crippen LogP contribution in [0.15, 0.2) is 66.7 Å². The maximum absolute atomic E-state index is 12.3. The van der Waals surface area contributed by atoms with Gasteiger partial charge in [-0.15, -0.1) is 0 Å². The molecular weight excluding hydrogens is 370 g/mol. The number of fused-ring (bicyclic) bond motifs is 1. The van der Waals surface area contributed by atoms with E-state index in [2.05, 4.69) is 10.1 Å². The van der Waals surface area contributed by atoms with Gasteiger partial charge < -0.3 is 14.8 Å². The molecule has 29 heavy (non-hydrogen) atoms. The summed E-state index contributed by atoms with van der Waals surface area (Å²) in [6.45, 7) is 0.697. The highest BCUT2D eigenvalue weighted by atomic mass is 16.5. The Bertz CT molecular complexity index is 1040. The molecule has 0 aromatic heterocycles. The van der Waals surface area contributed by atoms with Gasteiger partial charge in [0.2, 0.25) is 0 Å². The predicted octanol–water partition coefficient (Wildman–Crippen LogP) is 3.39. The lowest BCUT2D eigenvalue weighted by atomic mass is 10.1. The number of hydrogen-bond donors (Lipinski definition) is 1. The van der Waals surface area contributed by atoms with E-state index in [9.17, 15) is 14.4 Å². The molecule has 6 nitrogen and oxygen atoms in total.